The molecule has 1 fully saturated rings. The van der Waals surface area contributed by atoms with Crippen LogP contribution in [-0.4, -0.2) is 16.6 Å². The molecule has 0 unspecified atom stereocenters. The van der Waals surface area contributed by atoms with E-state index in [0.717, 1.165) is 37.8 Å². The average Bonchev–Trinajstić information content (AvgIpc) is 2.70. The Morgan fingerprint density at radius 2 is 1.78 bits per heavy atom. The molecule has 0 saturated heterocycles. The maximum absolute atomic E-state index is 13.7. The van der Waals surface area contributed by atoms with Crippen molar-refractivity contribution in [1.29, 1.82) is 0 Å². The number of anilines is 1. The fourth-order valence-corrected chi connectivity index (χ4v) is 2.40. The van der Waals surface area contributed by atoms with Gasteiger partial charge in [-0.05, 0) is 31.9 Å². The number of rotatable bonds is 3. The van der Waals surface area contributed by atoms with Crippen LogP contribution in [0.2, 0.25) is 0 Å². The highest BCUT2D eigenvalue weighted by Gasteiger charge is 2.30. The third kappa shape index (κ3) is 2.44. The monoisotopic (exact) mass is 255 g/mol. The second-order valence-corrected chi connectivity index (χ2v) is 5.01. The van der Waals surface area contributed by atoms with E-state index in [9.17, 15) is 13.6 Å². The van der Waals surface area contributed by atoms with Gasteiger partial charge in [-0.15, -0.1) is 0 Å². The summed E-state index contributed by atoms with van der Waals surface area (Å²) in [7, 11) is 0. The number of carboxylic acid groups (broad SMARTS) is 1. The smallest absolute Gasteiger partial charge is 0.335 e. The summed E-state index contributed by atoms with van der Waals surface area (Å²) in [4.78, 5) is 10.7. The lowest BCUT2D eigenvalue weighted by Gasteiger charge is -2.27. The van der Waals surface area contributed by atoms with Gasteiger partial charge in [0.1, 0.15) is 17.3 Å². The van der Waals surface area contributed by atoms with Crippen LogP contribution in [0.5, 0.6) is 0 Å². The Kier molecular flexibility index (Phi) is 3.24. The highest BCUT2D eigenvalue weighted by molar-refractivity contribution is 5.88. The van der Waals surface area contributed by atoms with Gasteiger partial charge in [0.15, 0.2) is 0 Å². The number of halogens is 2. The number of aromatic carboxylic acids is 1. The van der Waals surface area contributed by atoms with Gasteiger partial charge in [0.25, 0.3) is 0 Å². The molecule has 1 aliphatic carbocycles. The number of benzene rings is 1. The van der Waals surface area contributed by atoms with E-state index in [4.69, 9.17) is 5.11 Å². The Morgan fingerprint density at radius 3 is 2.22 bits per heavy atom. The van der Waals surface area contributed by atoms with Gasteiger partial charge in [0.2, 0.25) is 0 Å². The predicted molar refractivity (Wildman–Crippen MR) is 63.8 cm³/mol. The fraction of sp³-hybridized carbons (Fsp3) is 0.462. The van der Waals surface area contributed by atoms with Crippen LogP contribution in [0.3, 0.4) is 0 Å². The summed E-state index contributed by atoms with van der Waals surface area (Å²) in [6.07, 6.45) is 3.76. The first-order valence-electron chi connectivity index (χ1n) is 5.92. The van der Waals surface area contributed by atoms with Crippen molar-refractivity contribution < 1.29 is 18.7 Å². The quantitative estimate of drug-likeness (QED) is 0.870. The summed E-state index contributed by atoms with van der Waals surface area (Å²) < 4.78 is 27.5. The van der Waals surface area contributed by atoms with Crippen molar-refractivity contribution in [3.8, 4) is 0 Å². The topological polar surface area (TPSA) is 49.3 Å². The molecular formula is C13H15F2NO2. The molecule has 0 aromatic heterocycles. The van der Waals surface area contributed by atoms with E-state index in [2.05, 4.69) is 5.32 Å². The van der Waals surface area contributed by atoms with Crippen molar-refractivity contribution in [3.05, 3.63) is 29.3 Å². The molecule has 1 aromatic rings. The predicted octanol–water partition coefficient (Wildman–Crippen LogP) is 3.41. The maximum atomic E-state index is 13.7. The minimum Gasteiger partial charge on any atom is -0.478 e. The molecule has 2 N–H and O–H groups in total. The molecule has 18 heavy (non-hydrogen) atoms. The molecule has 0 heterocycles. The molecule has 98 valence electrons. The summed E-state index contributed by atoms with van der Waals surface area (Å²) >= 11 is 0. The molecule has 5 heteroatoms. The Morgan fingerprint density at radius 1 is 1.28 bits per heavy atom. The standard InChI is InChI=1S/C13H15F2NO2/c1-13(4-2-3-5-13)16-11-9(14)6-8(12(17)18)7-10(11)15/h6-7,16H,2-5H2,1H3,(H,17,18). The number of carbonyl (C=O) groups is 1. The fourth-order valence-electron chi connectivity index (χ4n) is 2.40. The molecule has 0 bridgehead atoms. The Labute approximate surface area is 104 Å². The van der Waals surface area contributed by atoms with Crippen LogP contribution in [0, 0.1) is 11.6 Å². The SMILES string of the molecule is CC1(Nc2c(F)cc(C(=O)O)cc2F)CCCC1. The van der Waals surface area contributed by atoms with Crippen molar-refractivity contribution in [3.63, 3.8) is 0 Å². The molecule has 0 atom stereocenters. The van der Waals surface area contributed by atoms with E-state index in [1.54, 1.807) is 0 Å². The molecule has 3 nitrogen and oxygen atoms in total. The van der Waals surface area contributed by atoms with E-state index in [1.165, 1.54) is 0 Å². The number of hydrogen-bond acceptors (Lipinski definition) is 2. The van der Waals surface area contributed by atoms with E-state index in [0.29, 0.717) is 0 Å². The minimum absolute atomic E-state index is 0.232. The van der Waals surface area contributed by atoms with Gasteiger partial charge in [0.05, 0.1) is 5.56 Å². The highest BCUT2D eigenvalue weighted by atomic mass is 19.1. The Balaban J connectivity index is 2.31. The van der Waals surface area contributed by atoms with E-state index < -0.39 is 17.6 Å². The zero-order valence-electron chi connectivity index (χ0n) is 10.1. The molecule has 1 saturated carbocycles. The van der Waals surface area contributed by atoms with Crippen LogP contribution in [0.1, 0.15) is 43.0 Å². The molecule has 0 spiro atoms. The summed E-state index contributed by atoms with van der Waals surface area (Å²) in [6, 6.07) is 1.68. The zero-order valence-corrected chi connectivity index (χ0v) is 10.1. The van der Waals surface area contributed by atoms with Crippen LogP contribution in [0.15, 0.2) is 12.1 Å². The molecule has 0 aliphatic heterocycles. The third-order valence-electron chi connectivity index (χ3n) is 3.42. The van der Waals surface area contributed by atoms with Crippen LogP contribution in [0.25, 0.3) is 0 Å². The molecule has 2 rings (SSSR count). The minimum atomic E-state index is -1.34. The lowest BCUT2D eigenvalue weighted by Crippen LogP contribution is -2.31. The lowest BCUT2D eigenvalue weighted by atomic mass is 10.00. The van der Waals surface area contributed by atoms with Gasteiger partial charge in [-0.2, -0.15) is 0 Å². The lowest BCUT2D eigenvalue weighted by molar-refractivity contribution is 0.0696. The molecule has 0 amide bonds. The third-order valence-corrected chi connectivity index (χ3v) is 3.42. The first-order chi connectivity index (χ1) is 8.41. The Bertz CT molecular complexity index is 459. The summed E-state index contributed by atoms with van der Waals surface area (Å²) in [5, 5.41) is 11.6. The molecular weight excluding hydrogens is 240 g/mol. The largest absolute Gasteiger partial charge is 0.478 e. The molecule has 1 aromatic carbocycles. The van der Waals surface area contributed by atoms with E-state index >= 15 is 0 Å². The summed E-state index contributed by atoms with van der Waals surface area (Å²) in [6.45, 7) is 1.92. The first kappa shape index (κ1) is 12.8. The number of carboxylic acids is 1. The second kappa shape index (κ2) is 4.55. The van der Waals surface area contributed by atoms with Gasteiger partial charge in [-0.1, -0.05) is 12.8 Å². The number of hydrogen-bond donors (Lipinski definition) is 2. The van der Waals surface area contributed by atoms with Crippen molar-refractivity contribution >= 4 is 11.7 Å². The average molecular weight is 255 g/mol. The maximum Gasteiger partial charge on any atom is 0.335 e. The van der Waals surface area contributed by atoms with Gasteiger partial charge in [-0.3, -0.25) is 0 Å². The highest BCUT2D eigenvalue weighted by Crippen LogP contribution is 2.34. The summed E-state index contributed by atoms with van der Waals surface area (Å²) in [5.74, 6) is -3.06. The van der Waals surface area contributed by atoms with Crippen molar-refractivity contribution in [1.82, 2.24) is 0 Å². The molecule has 0 radical (unpaired) electrons. The first-order valence-corrected chi connectivity index (χ1v) is 5.92. The Hall–Kier alpha value is -1.65. The normalized spacial score (nSPS) is 17.7. The van der Waals surface area contributed by atoms with Crippen LogP contribution in [-0.2, 0) is 0 Å². The molecule has 1 aliphatic rings. The van der Waals surface area contributed by atoms with Crippen molar-refractivity contribution in [2.75, 3.05) is 5.32 Å². The van der Waals surface area contributed by atoms with E-state index in [1.807, 2.05) is 6.92 Å². The van der Waals surface area contributed by atoms with Crippen molar-refractivity contribution in [2.24, 2.45) is 0 Å². The van der Waals surface area contributed by atoms with E-state index in [-0.39, 0.29) is 16.8 Å². The van der Waals surface area contributed by atoms with Gasteiger partial charge < -0.3 is 10.4 Å². The second-order valence-electron chi connectivity index (χ2n) is 5.01. The van der Waals surface area contributed by atoms with Gasteiger partial charge in [0, 0.05) is 5.54 Å². The van der Waals surface area contributed by atoms with Gasteiger partial charge >= 0.3 is 5.97 Å². The van der Waals surface area contributed by atoms with Gasteiger partial charge in [-0.25, -0.2) is 13.6 Å². The number of nitrogens with one attached hydrogen (secondary N) is 1. The zero-order chi connectivity index (χ0) is 13.3. The van der Waals surface area contributed by atoms with Crippen LogP contribution >= 0.6 is 0 Å². The van der Waals surface area contributed by atoms with Crippen LogP contribution < -0.4 is 5.32 Å². The summed E-state index contributed by atoms with van der Waals surface area (Å²) in [5.41, 5.74) is -0.927. The van der Waals surface area contributed by atoms with Crippen LogP contribution in [0.4, 0.5) is 14.5 Å². The van der Waals surface area contributed by atoms with Crippen molar-refractivity contribution in [2.45, 2.75) is 38.1 Å².